The van der Waals surface area contributed by atoms with Crippen molar-refractivity contribution < 1.29 is 28.8 Å². The summed E-state index contributed by atoms with van der Waals surface area (Å²) in [4.78, 5) is 101. The van der Waals surface area contributed by atoms with Gasteiger partial charge in [-0.15, -0.1) is 0 Å². The number of carbonyl (C=O) groups excluding carboxylic acids is 6. The van der Waals surface area contributed by atoms with Gasteiger partial charge in [-0.05, 0) is 89.1 Å². The molecule has 5 rings (SSSR count). The normalized spacial score (nSPS) is 16.2. The van der Waals surface area contributed by atoms with Crippen molar-refractivity contribution in [2.24, 2.45) is 5.92 Å². The molecule has 1 fully saturated rings. The third-order valence-corrected chi connectivity index (χ3v) is 10.7. The maximum absolute atomic E-state index is 14.1. The Morgan fingerprint density at radius 3 is 2.37 bits per heavy atom. The lowest BCUT2D eigenvalue weighted by molar-refractivity contribution is -0.142. The molecule has 0 saturated carbocycles. The van der Waals surface area contributed by atoms with E-state index in [1.54, 1.807) is 70.5 Å². The zero-order valence-electron chi connectivity index (χ0n) is 36.4. The summed E-state index contributed by atoms with van der Waals surface area (Å²) in [5.74, 6) is -1.26. The van der Waals surface area contributed by atoms with Crippen LogP contribution in [-0.4, -0.2) is 112 Å². The van der Waals surface area contributed by atoms with Gasteiger partial charge in [0.15, 0.2) is 0 Å². The summed E-state index contributed by atoms with van der Waals surface area (Å²) >= 11 is 0. The molecule has 2 aliphatic heterocycles. The van der Waals surface area contributed by atoms with Crippen LogP contribution in [-0.2, 0) is 25.7 Å². The van der Waals surface area contributed by atoms with Gasteiger partial charge in [0, 0.05) is 56.4 Å². The van der Waals surface area contributed by atoms with Crippen LogP contribution in [0.3, 0.4) is 0 Å². The Hall–Kier alpha value is -6.13. The lowest BCUT2D eigenvalue weighted by atomic mass is 9.99. The van der Waals surface area contributed by atoms with Crippen LogP contribution in [0, 0.1) is 19.8 Å². The minimum absolute atomic E-state index is 0.134. The summed E-state index contributed by atoms with van der Waals surface area (Å²) in [5, 5.41) is 11.6. The number of urea groups is 1. The zero-order valence-corrected chi connectivity index (χ0v) is 36.4. The van der Waals surface area contributed by atoms with Crippen LogP contribution >= 0.6 is 0 Å². The van der Waals surface area contributed by atoms with Gasteiger partial charge in [-0.1, -0.05) is 33.3 Å². The molecular formula is C43H59N11O6. The van der Waals surface area contributed by atoms with E-state index in [1.165, 1.54) is 14.7 Å². The second-order valence-corrected chi connectivity index (χ2v) is 16.8. The molecule has 0 radical (unpaired) electrons. The van der Waals surface area contributed by atoms with E-state index in [0.717, 1.165) is 11.3 Å². The van der Waals surface area contributed by atoms with Crippen molar-refractivity contribution in [3.05, 3.63) is 65.1 Å². The third kappa shape index (κ3) is 10.4. The number of nitrogens with zero attached hydrogens (tertiary/aromatic N) is 7. The average molecular weight is 826 g/mol. The highest BCUT2D eigenvalue weighted by Gasteiger charge is 2.41. The maximum atomic E-state index is 14.1. The van der Waals surface area contributed by atoms with Crippen LogP contribution in [0.4, 0.5) is 27.9 Å². The van der Waals surface area contributed by atoms with Crippen molar-refractivity contribution in [3.8, 4) is 0 Å². The SMILES string of the molecule is CCC[C@H](NC(=O)c1ccc(C)c(N2Cc3cnc(Nc4ccc(C)nc4)nc3N(C)C2=O)c1)C(=O)N1CCCC1C(=O)NC(C)(C)C(=O)N[C@@H](CC(C)C)C(=O)N(C)C. The Bertz CT molecular complexity index is 2100. The molecule has 2 aliphatic rings. The fourth-order valence-corrected chi connectivity index (χ4v) is 7.35. The first-order valence-corrected chi connectivity index (χ1v) is 20.5. The number of fused-ring (bicyclic) bond motifs is 1. The second-order valence-electron chi connectivity index (χ2n) is 16.8. The zero-order chi connectivity index (χ0) is 44.1. The summed E-state index contributed by atoms with van der Waals surface area (Å²) in [6, 6.07) is 5.86. The van der Waals surface area contributed by atoms with Crippen molar-refractivity contribution in [2.45, 2.75) is 111 Å². The quantitative estimate of drug-likeness (QED) is 0.172. The minimum atomic E-state index is -1.39. The molecule has 1 aromatic carbocycles. The van der Waals surface area contributed by atoms with E-state index in [4.69, 9.17) is 0 Å². The Balaban J connectivity index is 1.27. The molecule has 3 aromatic rings. The molecule has 322 valence electrons. The number of benzene rings is 1. The molecule has 4 heterocycles. The molecule has 17 heteroatoms. The Kier molecular flexibility index (Phi) is 14.1. The number of aryl methyl sites for hydroxylation is 2. The van der Waals surface area contributed by atoms with Crippen molar-refractivity contribution in [1.82, 2.24) is 40.7 Å². The van der Waals surface area contributed by atoms with Crippen molar-refractivity contribution >= 4 is 58.7 Å². The molecule has 17 nitrogen and oxygen atoms in total. The van der Waals surface area contributed by atoms with E-state index >= 15 is 0 Å². The highest BCUT2D eigenvalue weighted by Crippen LogP contribution is 2.33. The molecule has 0 bridgehead atoms. The summed E-state index contributed by atoms with van der Waals surface area (Å²) < 4.78 is 0. The molecule has 0 spiro atoms. The molecule has 4 N–H and O–H groups in total. The molecular weight excluding hydrogens is 767 g/mol. The van der Waals surface area contributed by atoms with E-state index in [1.807, 2.05) is 46.8 Å². The average Bonchev–Trinajstić information content (AvgIpc) is 3.70. The molecule has 0 aliphatic carbocycles. The van der Waals surface area contributed by atoms with Crippen LogP contribution in [0.5, 0.6) is 0 Å². The van der Waals surface area contributed by atoms with Gasteiger partial charge in [-0.25, -0.2) is 9.78 Å². The Morgan fingerprint density at radius 2 is 1.72 bits per heavy atom. The molecule has 60 heavy (non-hydrogen) atoms. The van der Waals surface area contributed by atoms with Crippen molar-refractivity contribution in [2.75, 3.05) is 42.8 Å². The van der Waals surface area contributed by atoms with Gasteiger partial charge < -0.3 is 31.1 Å². The predicted molar refractivity (Wildman–Crippen MR) is 229 cm³/mol. The number of pyridine rings is 1. The van der Waals surface area contributed by atoms with Gasteiger partial charge in [0.05, 0.1) is 18.4 Å². The van der Waals surface area contributed by atoms with Crippen LogP contribution < -0.4 is 31.1 Å². The van der Waals surface area contributed by atoms with E-state index < -0.39 is 47.3 Å². The fourth-order valence-electron chi connectivity index (χ4n) is 7.35. The summed E-state index contributed by atoms with van der Waals surface area (Å²) in [7, 11) is 4.88. The van der Waals surface area contributed by atoms with Crippen molar-refractivity contribution in [3.63, 3.8) is 0 Å². The number of anilines is 4. The van der Waals surface area contributed by atoms with Gasteiger partial charge in [-0.3, -0.25) is 38.8 Å². The third-order valence-electron chi connectivity index (χ3n) is 10.7. The summed E-state index contributed by atoms with van der Waals surface area (Å²) in [6.07, 6.45) is 5.61. The summed E-state index contributed by atoms with van der Waals surface area (Å²) in [6.45, 7) is 13.1. The number of rotatable bonds is 15. The largest absolute Gasteiger partial charge is 0.347 e. The minimum Gasteiger partial charge on any atom is -0.347 e. The van der Waals surface area contributed by atoms with Gasteiger partial charge in [0.1, 0.15) is 29.5 Å². The van der Waals surface area contributed by atoms with Crippen LogP contribution in [0.1, 0.15) is 93.9 Å². The number of amides is 7. The fraction of sp³-hybridized carbons (Fsp3) is 0.512. The molecule has 7 amide bonds. The lowest BCUT2D eigenvalue weighted by Crippen LogP contribution is -2.62. The first kappa shape index (κ1) is 45.0. The first-order valence-electron chi connectivity index (χ1n) is 20.5. The van der Waals surface area contributed by atoms with Crippen molar-refractivity contribution in [1.29, 1.82) is 0 Å². The topological polar surface area (TPSA) is 202 Å². The monoisotopic (exact) mass is 825 g/mol. The number of aromatic nitrogens is 3. The highest BCUT2D eigenvalue weighted by molar-refractivity contribution is 6.07. The number of likely N-dealkylation sites (tertiary alicyclic amines) is 1. The van der Waals surface area contributed by atoms with Gasteiger partial charge in [0.2, 0.25) is 29.6 Å². The second kappa shape index (κ2) is 18.8. The molecule has 2 aromatic heterocycles. The summed E-state index contributed by atoms with van der Waals surface area (Å²) in [5.41, 5.74) is 2.41. The number of hydrogen-bond donors (Lipinski definition) is 4. The van der Waals surface area contributed by atoms with E-state index in [0.29, 0.717) is 67.4 Å². The lowest BCUT2D eigenvalue weighted by Gasteiger charge is -2.35. The van der Waals surface area contributed by atoms with E-state index in [9.17, 15) is 28.8 Å². The van der Waals surface area contributed by atoms with Gasteiger partial charge in [0.25, 0.3) is 5.91 Å². The number of nitrogens with one attached hydrogen (secondary N) is 4. The first-order chi connectivity index (χ1) is 28.3. The standard InChI is InChI=1S/C43H59N11O6/c1-11-13-31(39(58)53-19-12-14-33(53)37(56)50-43(6,7)40(59)48-32(20-25(2)3)38(57)51(8)9)47-36(55)28-17-15-26(4)34(21-28)54-24-29-22-45-41(49-35(29)52(10)42(54)60)46-30-18-16-27(5)44-23-30/h15-18,21-23,25,31-33H,11-14,19-20,24H2,1-10H3,(H,47,55)(H,48,59)(H,50,56)(H,45,46,49)/t31-,32-,33?/m0/s1. The smallest absolute Gasteiger partial charge is 0.330 e. The predicted octanol–water partition coefficient (Wildman–Crippen LogP) is 4.21. The highest BCUT2D eigenvalue weighted by atomic mass is 16.2. The van der Waals surface area contributed by atoms with E-state index in [2.05, 4.69) is 36.2 Å². The molecule has 3 atom stereocenters. The maximum Gasteiger partial charge on any atom is 0.330 e. The van der Waals surface area contributed by atoms with Gasteiger partial charge in [-0.2, -0.15) is 4.98 Å². The van der Waals surface area contributed by atoms with Crippen LogP contribution in [0.15, 0.2) is 42.7 Å². The molecule has 1 unspecified atom stereocenters. The number of likely N-dealkylation sites (N-methyl/N-ethyl adjacent to an activating group) is 1. The van der Waals surface area contributed by atoms with Crippen LogP contribution in [0.2, 0.25) is 0 Å². The number of hydrogen-bond acceptors (Lipinski definition) is 10. The van der Waals surface area contributed by atoms with Crippen LogP contribution in [0.25, 0.3) is 0 Å². The van der Waals surface area contributed by atoms with Gasteiger partial charge >= 0.3 is 6.03 Å². The Labute approximate surface area is 352 Å². The Morgan fingerprint density at radius 1 is 0.983 bits per heavy atom. The molecule has 1 saturated heterocycles. The number of carbonyl (C=O) groups is 6. The van der Waals surface area contributed by atoms with E-state index in [-0.39, 0.29) is 30.0 Å².